The fraction of sp³-hybridized carbons (Fsp3) is 0.500. The molecule has 1 unspecified atom stereocenters. The van der Waals surface area contributed by atoms with Crippen LogP contribution in [0.4, 0.5) is 0 Å². The first-order valence-corrected chi connectivity index (χ1v) is 4.81. The molecule has 0 aliphatic rings. The minimum Gasteiger partial charge on any atom is -0.271 e. The van der Waals surface area contributed by atoms with Crippen LogP contribution in [0.3, 0.4) is 0 Å². The van der Waals surface area contributed by atoms with Crippen LogP contribution < -0.4 is 11.3 Å². The van der Waals surface area contributed by atoms with Crippen molar-refractivity contribution in [3.05, 3.63) is 22.4 Å². The average Bonchev–Trinajstić information content (AvgIpc) is 2.52. The van der Waals surface area contributed by atoms with Gasteiger partial charge in [0.25, 0.3) is 0 Å². The maximum atomic E-state index is 5.40. The molecule has 0 amide bonds. The van der Waals surface area contributed by atoms with Gasteiger partial charge in [-0.25, -0.2) is 0 Å². The Balaban J connectivity index is 2.56. The molecule has 3 heteroatoms. The molecule has 0 aromatic carbocycles. The second kappa shape index (κ2) is 4.49. The SMILES string of the molecule is CCCC(NN)c1ccsc1. The fourth-order valence-electron chi connectivity index (χ4n) is 1.11. The molecular formula is C8H14N2S. The third-order valence-corrected chi connectivity index (χ3v) is 2.43. The number of thiophene rings is 1. The van der Waals surface area contributed by atoms with Crippen LogP contribution >= 0.6 is 11.3 Å². The predicted octanol–water partition coefficient (Wildman–Crippen LogP) is 2.05. The van der Waals surface area contributed by atoms with E-state index in [-0.39, 0.29) is 0 Å². The van der Waals surface area contributed by atoms with Gasteiger partial charge >= 0.3 is 0 Å². The zero-order valence-corrected chi connectivity index (χ0v) is 7.53. The van der Waals surface area contributed by atoms with Crippen molar-refractivity contribution < 1.29 is 0 Å². The highest BCUT2D eigenvalue weighted by molar-refractivity contribution is 7.07. The molecule has 1 atom stereocenters. The van der Waals surface area contributed by atoms with Gasteiger partial charge < -0.3 is 0 Å². The Morgan fingerprint density at radius 2 is 2.55 bits per heavy atom. The van der Waals surface area contributed by atoms with E-state index in [0.29, 0.717) is 6.04 Å². The molecule has 1 aromatic heterocycles. The van der Waals surface area contributed by atoms with Crippen LogP contribution in [0.2, 0.25) is 0 Å². The highest BCUT2D eigenvalue weighted by Crippen LogP contribution is 2.19. The van der Waals surface area contributed by atoms with Crippen molar-refractivity contribution >= 4 is 11.3 Å². The van der Waals surface area contributed by atoms with Crippen molar-refractivity contribution in [3.63, 3.8) is 0 Å². The summed E-state index contributed by atoms with van der Waals surface area (Å²) in [5, 5.41) is 4.22. The Bertz CT molecular complexity index is 184. The van der Waals surface area contributed by atoms with Crippen LogP contribution in [0.5, 0.6) is 0 Å². The smallest absolute Gasteiger partial charge is 0.0468 e. The first-order valence-electron chi connectivity index (χ1n) is 3.86. The van der Waals surface area contributed by atoms with Crippen LogP contribution in [-0.2, 0) is 0 Å². The van der Waals surface area contributed by atoms with E-state index < -0.39 is 0 Å². The molecule has 1 heterocycles. The first kappa shape index (κ1) is 8.71. The van der Waals surface area contributed by atoms with E-state index in [2.05, 4.69) is 29.2 Å². The van der Waals surface area contributed by atoms with Crippen molar-refractivity contribution in [2.24, 2.45) is 5.84 Å². The summed E-state index contributed by atoms with van der Waals surface area (Å²) in [4.78, 5) is 0. The molecular weight excluding hydrogens is 156 g/mol. The molecule has 62 valence electrons. The van der Waals surface area contributed by atoms with Crippen LogP contribution in [0, 0.1) is 0 Å². The first-order chi connectivity index (χ1) is 5.38. The summed E-state index contributed by atoms with van der Waals surface area (Å²) in [6.07, 6.45) is 2.26. The molecule has 1 rings (SSSR count). The zero-order valence-electron chi connectivity index (χ0n) is 6.71. The Labute approximate surface area is 71.4 Å². The van der Waals surface area contributed by atoms with E-state index in [1.807, 2.05) is 0 Å². The molecule has 0 bridgehead atoms. The lowest BCUT2D eigenvalue weighted by Gasteiger charge is -2.12. The summed E-state index contributed by atoms with van der Waals surface area (Å²) >= 11 is 1.71. The molecule has 3 N–H and O–H groups in total. The number of nitrogens with one attached hydrogen (secondary N) is 1. The number of hydrogen-bond acceptors (Lipinski definition) is 3. The van der Waals surface area contributed by atoms with Crippen molar-refractivity contribution in [2.75, 3.05) is 0 Å². The third-order valence-electron chi connectivity index (χ3n) is 1.72. The number of hydrazine groups is 1. The molecule has 0 aliphatic heterocycles. The van der Waals surface area contributed by atoms with E-state index in [4.69, 9.17) is 5.84 Å². The molecule has 0 saturated heterocycles. The standard InChI is InChI=1S/C8H14N2S/c1-2-3-8(10-9)7-4-5-11-6-7/h4-6,8,10H,2-3,9H2,1H3. The van der Waals surface area contributed by atoms with Gasteiger partial charge in [-0.2, -0.15) is 11.3 Å². The second-order valence-corrected chi connectivity index (χ2v) is 3.34. The van der Waals surface area contributed by atoms with E-state index >= 15 is 0 Å². The van der Waals surface area contributed by atoms with Gasteiger partial charge in [-0.15, -0.1) is 0 Å². The molecule has 1 aromatic rings. The van der Waals surface area contributed by atoms with Gasteiger partial charge in [0.1, 0.15) is 0 Å². The van der Waals surface area contributed by atoms with Crippen LogP contribution in [0.1, 0.15) is 31.4 Å². The van der Waals surface area contributed by atoms with Gasteiger partial charge in [-0.1, -0.05) is 13.3 Å². The Hall–Kier alpha value is -0.380. The van der Waals surface area contributed by atoms with Gasteiger partial charge in [0.05, 0.1) is 0 Å². The van der Waals surface area contributed by atoms with Crippen LogP contribution in [0.15, 0.2) is 16.8 Å². The highest BCUT2D eigenvalue weighted by atomic mass is 32.1. The average molecular weight is 170 g/mol. The monoisotopic (exact) mass is 170 g/mol. The van der Waals surface area contributed by atoms with Crippen molar-refractivity contribution in [3.8, 4) is 0 Å². The summed E-state index contributed by atoms with van der Waals surface area (Å²) < 4.78 is 0. The van der Waals surface area contributed by atoms with Crippen LogP contribution in [-0.4, -0.2) is 0 Å². The fourth-order valence-corrected chi connectivity index (χ4v) is 1.82. The molecule has 0 aliphatic carbocycles. The topological polar surface area (TPSA) is 38.0 Å². The Kier molecular flexibility index (Phi) is 3.56. The quantitative estimate of drug-likeness (QED) is 0.536. The largest absolute Gasteiger partial charge is 0.271 e. The maximum Gasteiger partial charge on any atom is 0.0468 e. The van der Waals surface area contributed by atoms with Gasteiger partial charge in [-0.3, -0.25) is 11.3 Å². The lowest BCUT2D eigenvalue weighted by Crippen LogP contribution is -2.27. The summed E-state index contributed by atoms with van der Waals surface area (Å²) in [5.74, 6) is 5.40. The lowest BCUT2D eigenvalue weighted by atomic mass is 10.1. The summed E-state index contributed by atoms with van der Waals surface area (Å²) in [6, 6.07) is 2.46. The summed E-state index contributed by atoms with van der Waals surface area (Å²) in [7, 11) is 0. The number of nitrogens with two attached hydrogens (primary N) is 1. The molecule has 0 fully saturated rings. The van der Waals surface area contributed by atoms with E-state index in [1.54, 1.807) is 11.3 Å². The summed E-state index contributed by atoms with van der Waals surface area (Å²) in [6.45, 7) is 2.16. The Morgan fingerprint density at radius 3 is 3.00 bits per heavy atom. The van der Waals surface area contributed by atoms with Gasteiger partial charge in [0.2, 0.25) is 0 Å². The van der Waals surface area contributed by atoms with E-state index in [9.17, 15) is 0 Å². The van der Waals surface area contributed by atoms with Crippen LogP contribution in [0.25, 0.3) is 0 Å². The highest BCUT2D eigenvalue weighted by Gasteiger charge is 2.07. The number of hydrogen-bond donors (Lipinski definition) is 2. The summed E-state index contributed by atoms with van der Waals surface area (Å²) in [5.41, 5.74) is 4.12. The Morgan fingerprint density at radius 1 is 1.73 bits per heavy atom. The predicted molar refractivity (Wildman–Crippen MR) is 49.3 cm³/mol. The van der Waals surface area contributed by atoms with Crippen molar-refractivity contribution in [1.82, 2.24) is 5.43 Å². The molecule has 0 radical (unpaired) electrons. The van der Waals surface area contributed by atoms with E-state index in [1.165, 1.54) is 5.56 Å². The molecule has 0 saturated carbocycles. The molecule has 11 heavy (non-hydrogen) atoms. The minimum atomic E-state index is 0.339. The molecule has 2 nitrogen and oxygen atoms in total. The van der Waals surface area contributed by atoms with Gasteiger partial charge in [-0.05, 0) is 28.8 Å². The van der Waals surface area contributed by atoms with E-state index in [0.717, 1.165) is 12.8 Å². The van der Waals surface area contributed by atoms with Crippen molar-refractivity contribution in [1.29, 1.82) is 0 Å². The second-order valence-electron chi connectivity index (χ2n) is 2.56. The number of rotatable bonds is 4. The van der Waals surface area contributed by atoms with Crippen molar-refractivity contribution in [2.45, 2.75) is 25.8 Å². The third kappa shape index (κ3) is 2.29. The van der Waals surface area contributed by atoms with Gasteiger partial charge in [0.15, 0.2) is 0 Å². The molecule has 0 spiro atoms. The normalized spacial score (nSPS) is 13.3. The maximum absolute atomic E-state index is 5.40. The van der Waals surface area contributed by atoms with Gasteiger partial charge in [0, 0.05) is 6.04 Å². The zero-order chi connectivity index (χ0) is 8.10. The lowest BCUT2D eigenvalue weighted by molar-refractivity contribution is 0.511. The minimum absolute atomic E-state index is 0.339.